The zero-order valence-corrected chi connectivity index (χ0v) is 28.3. The number of carbonyl (C=O) groups excluding carboxylic acids is 2. The van der Waals surface area contributed by atoms with Crippen molar-refractivity contribution in [2.24, 2.45) is 0 Å². The Labute approximate surface area is 292 Å². The molecule has 0 radical (unpaired) electrons. The standard InChI is InChI=1S/C32H34ClF3N10O5/c1-2-22-25(42-10-12-43(13-11-42)28(48)20-16-37-45(29(20)49)19-4-3-5-19)30(50)46-31(40-27(41-46)18-8-14-51-15-9-18)44(22)17-24(47)38-21-6-7-23(32(34,35)36)39-26(21)33/h6-8,16,19,37H,2-5,9-15,17H2,1H3,(H,38,47). The summed E-state index contributed by atoms with van der Waals surface area (Å²) in [5, 5.41) is 9.45. The van der Waals surface area contributed by atoms with Crippen LogP contribution in [0, 0.1) is 0 Å². The first-order chi connectivity index (χ1) is 24.4. The molecule has 15 nitrogen and oxygen atoms in total. The number of H-pyrrole nitrogens is 1. The monoisotopic (exact) mass is 730 g/mol. The van der Waals surface area contributed by atoms with Gasteiger partial charge in [0.05, 0.1) is 30.6 Å². The highest BCUT2D eigenvalue weighted by Gasteiger charge is 2.34. The second-order valence-electron chi connectivity index (χ2n) is 12.5. The van der Waals surface area contributed by atoms with E-state index in [0.29, 0.717) is 43.6 Å². The Kier molecular flexibility index (Phi) is 9.21. The maximum absolute atomic E-state index is 14.2. The maximum atomic E-state index is 14.2. The van der Waals surface area contributed by atoms with Crippen LogP contribution in [-0.2, 0) is 28.7 Å². The van der Waals surface area contributed by atoms with Crippen molar-refractivity contribution in [3.63, 3.8) is 0 Å². The maximum Gasteiger partial charge on any atom is 0.433 e. The summed E-state index contributed by atoms with van der Waals surface area (Å²) in [6.07, 6.45) is 2.16. The van der Waals surface area contributed by atoms with E-state index in [1.54, 1.807) is 9.47 Å². The Bertz CT molecular complexity index is 2160. The number of aromatic nitrogens is 7. The molecule has 1 aliphatic carbocycles. The van der Waals surface area contributed by atoms with Gasteiger partial charge in [0.2, 0.25) is 11.7 Å². The summed E-state index contributed by atoms with van der Waals surface area (Å²) in [5.41, 5.74) is -0.558. The lowest BCUT2D eigenvalue weighted by atomic mass is 9.93. The summed E-state index contributed by atoms with van der Waals surface area (Å²) in [4.78, 5) is 65.4. The van der Waals surface area contributed by atoms with E-state index in [2.05, 4.69) is 25.5 Å². The lowest BCUT2D eigenvalue weighted by Gasteiger charge is -2.36. The minimum atomic E-state index is -4.72. The van der Waals surface area contributed by atoms with Crippen LogP contribution in [0.4, 0.5) is 24.5 Å². The van der Waals surface area contributed by atoms with E-state index < -0.39 is 40.9 Å². The minimum Gasteiger partial charge on any atom is -0.377 e. The smallest absolute Gasteiger partial charge is 0.377 e. The van der Waals surface area contributed by atoms with Crippen LogP contribution in [0.25, 0.3) is 11.4 Å². The van der Waals surface area contributed by atoms with Crippen molar-refractivity contribution in [1.82, 2.24) is 38.8 Å². The summed E-state index contributed by atoms with van der Waals surface area (Å²) in [6.45, 7) is 3.18. The Balaban J connectivity index is 1.20. The molecule has 4 aromatic heterocycles. The van der Waals surface area contributed by atoms with Gasteiger partial charge >= 0.3 is 6.18 Å². The molecule has 270 valence electrons. The molecule has 2 N–H and O–H groups in total. The van der Waals surface area contributed by atoms with Crippen molar-refractivity contribution in [3.05, 3.63) is 73.0 Å². The summed E-state index contributed by atoms with van der Waals surface area (Å²) in [6, 6.07) is 1.81. The molecule has 19 heteroatoms. The van der Waals surface area contributed by atoms with Gasteiger partial charge in [-0.25, -0.2) is 9.67 Å². The van der Waals surface area contributed by atoms with Crippen LogP contribution in [0.15, 0.2) is 34.0 Å². The topological polar surface area (TPSA) is 165 Å². The number of anilines is 2. The Morgan fingerprint density at radius 2 is 1.86 bits per heavy atom. The van der Waals surface area contributed by atoms with E-state index in [4.69, 9.17) is 16.3 Å². The number of carbonyl (C=O) groups is 2. The molecule has 2 amide bonds. The van der Waals surface area contributed by atoms with E-state index in [0.717, 1.165) is 35.4 Å². The number of pyridine rings is 1. The van der Waals surface area contributed by atoms with Crippen molar-refractivity contribution in [3.8, 4) is 0 Å². The van der Waals surface area contributed by atoms with Gasteiger partial charge in [0.25, 0.3) is 17.0 Å². The lowest BCUT2D eigenvalue weighted by molar-refractivity contribution is -0.141. The predicted octanol–water partition coefficient (Wildman–Crippen LogP) is 3.14. The van der Waals surface area contributed by atoms with E-state index >= 15 is 0 Å². The van der Waals surface area contributed by atoms with Crippen LogP contribution in [0.2, 0.25) is 5.15 Å². The quantitative estimate of drug-likeness (QED) is 0.259. The molecule has 4 aromatic rings. The first kappa shape index (κ1) is 34.5. The molecule has 6 heterocycles. The van der Waals surface area contributed by atoms with Crippen molar-refractivity contribution in [1.29, 1.82) is 0 Å². The summed E-state index contributed by atoms with van der Waals surface area (Å²) >= 11 is 6.01. The predicted molar refractivity (Wildman–Crippen MR) is 179 cm³/mol. The second-order valence-corrected chi connectivity index (χ2v) is 12.9. The fraction of sp³-hybridized carbons (Fsp3) is 0.469. The SMILES string of the molecule is CCc1c(N2CCN(C(=O)c3c[nH]n(C4CCC4)c3=O)CC2)c(=O)n2nc(C3=CCOCC3)nc2n1CC(=O)Nc1ccc(C(F)(F)F)nc1Cl. The fourth-order valence-corrected chi connectivity index (χ4v) is 6.77. The molecular weight excluding hydrogens is 697 g/mol. The van der Waals surface area contributed by atoms with Crippen LogP contribution in [0.3, 0.4) is 0 Å². The third kappa shape index (κ3) is 6.53. The molecule has 0 aromatic carbocycles. The van der Waals surface area contributed by atoms with Gasteiger partial charge in [-0.15, -0.1) is 5.10 Å². The number of amides is 2. The van der Waals surface area contributed by atoms with Crippen molar-refractivity contribution >= 4 is 46.1 Å². The van der Waals surface area contributed by atoms with Gasteiger partial charge in [-0.3, -0.25) is 19.2 Å². The number of hydrogen-bond acceptors (Lipinski definition) is 9. The zero-order valence-electron chi connectivity index (χ0n) is 27.5. The highest BCUT2D eigenvalue weighted by Crippen LogP contribution is 2.32. The van der Waals surface area contributed by atoms with Crippen LogP contribution in [0.1, 0.15) is 66.2 Å². The van der Waals surface area contributed by atoms with Crippen LogP contribution in [0.5, 0.6) is 0 Å². The molecule has 51 heavy (non-hydrogen) atoms. The summed E-state index contributed by atoms with van der Waals surface area (Å²) in [7, 11) is 0. The molecule has 2 fully saturated rings. The summed E-state index contributed by atoms with van der Waals surface area (Å²) in [5.74, 6) is -0.655. The lowest BCUT2D eigenvalue weighted by Crippen LogP contribution is -2.51. The van der Waals surface area contributed by atoms with Gasteiger partial charge < -0.3 is 29.5 Å². The van der Waals surface area contributed by atoms with Gasteiger partial charge in [0.15, 0.2) is 11.0 Å². The molecule has 1 saturated carbocycles. The molecule has 0 atom stereocenters. The van der Waals surface area contributed by atoms with Crippen molar-refractivity contribution < 1.29 is 27.5 Å². The number of nitrogens with zero attached hydrogens (tertiary/aromatic N) is 8. The van der Waals surface area contributed by atoms with E-state index in [-0.39, 0.29) is 60.5 Å². The first-order valence-electron chi connectivity index (χ1n) is 16.6. The second kappa shape index (κ2) is 13.6. The number of rotatable bonds is 8. The van der Waals surface area contributed by atoms with E-state index in [1.807, 2.05) is 17.9 Å². The third-order valence-electron chi connectivity index (χ3n) is 9.48. The molecular formula is C32H34ClF3N10O5. The van der Waals surface area contributed by atoms with Crippen molar-refractivity contribution in [2.45, 2.75) is 57.8 Å². The molecule has 0 unspecified atom stereocenters. The number of fused-ring (bicyclic) bond motifs is 1. The molecule has 1 saturated heterocycles. The summed E-state index contributed by atoms with van der Waals surface area (Å²) < 4.78 is 49.0. The first-order valence-corrected chi connectivity index (χ1v) is 17.0. The van der Waals surface area contributed by atoms with E-state index in [1.165, 1.54) is 10.9 Å². The van der Waals surface area contributed by atoms with E-state index in [9.17, 15) is 32.3 Å². The molecule has 3 aliphatic rings. The van der Waals surface area contributed by atoms with Crippen LogP contribution in [-0.4, -0.2) is 90.0 Å². The molecule has 0 bridgehead atoms. The molecule has 0 spiro atoms. The highest BCUT2D eigenvalue weighted by molar-refractivity contribution is 6.32. The zero-order chi connectivity index (χ0) is 36.0. The average molecular weight is 731 g/mol. The van der Waals surface area contributed by atoms with Gasteiger partial charge in [-0.05, 0) is 49.8 Å². The number of aromatic amines is 1. The minimum absolute atomic E-state index is 0.0697. The van der Waals surface area contributed by atoms with Crippen LogP contribution >= 0.6 is 11.6 Å². The highest BCUT2D eigenvalue weighted by atomic mass is 35.5. The number of ether oxygens (including phenoxy) is 1. The fourth-order valence-electron chi connectivity index (χ4n) is 6.57. The van der Waals surface area contributed by atoms with Gasteiger partial charge in [-0.2, -0.15) is 22.7 Å². The third-order valence-corrected chi connectivity index (χ3v) is 9.76. The van der Waals surface area contributed by atoms with Gasteiger partial charge in [0, 0.05) is 32.4 Å². The normalized spacial score (nSPS) is 17.1. The number of alkyl halides is 3. The van der Waals surface area contributed by atoms with Crippen LogP contribution < -0.4 is 21.3 Å². The Morgan fingerprint density at radius 1 is 1.10 bits per heavy atom. The number of piperazine rings is 1. The largest absolute Gasteiger partial charge is 0.433 e. The number of hydrogen-bond donors (Lipinski definition) is 2. The molecule has 7 rings (SSSR count). The van der Waals surface area contributed by atoms with Gasteiger partial charge in [0.1, 0.15) is 23.5 Å². The van der Waals surface area contributed by atoms with Crippen molar-refractivity contribution in [2.75, 3.05) is 49.6 Å². The molecule has 2 aliphatic heterocycles. The number of halogens is 4. The Morgan fingerprint density at radius 3 is 2.49 bits per heavy atom. The van der Waals surface area contributed by atoms with Gasteiger partial charge in [-0.1, -0.05) is 24.6 Å². The Hall–Kier alpha value is -4.97. The number of nitrogens with one attached hydrogen (secondary N) is 2. The average Bonchev–Trinajstić information content (AvgIpc) is 3.70.